The molecule has 0 unspecified atom stereocenters. The van der Waals surface area contributed by atoms with Crippen molar-refractivity contribution in [2.24, 2.45) is 11.8 Å². The fourth-order valence-electron chi connectivity index (χ4n) is 2.52. The molecule has 2 bridgehead atoms. The van der Waals surface area contributed by atoms with Gasteiger partial charge in [-0.1, -0.05) is 0 Å². The van der Waals surface area contributed by atoms with E-state index in [1.54, 1.807) is 0 Å². The Morgan fingerprint density at radius 3 is 2.47 bits per heavy atom. The second-order valence-corrected chi connectivity index (χ2v) is 7.42. The van der Waals surface area contributed by atoms with Gasteiger partial charge in [0.1, 0.15) is 0 Å². The molecule has 0 N–H and O–H groups in total. The first-order chi connectivity index (χ1) is 7.34. The Kier molecular flexibility index (Phi) is 2.64. The Labute approximate surface area is 102 Å². The van der Waals surface area contributed by atoms with Crippen molar-refractivity contribution in [2.45, 2.75) is 16.6 Å². The van der Waals surface area contributed by atoms with E-state index in [4.69, 9.17) is 11.6 Å². The van der Waals surface area contributed by atoms with Crippen LogP contribution in [0.3, 0.4) is 0 Å². The average molecular weight is 284 g/mol. The standard InChI is InChI=1S/C13H13ClSe/c14-12-9-6-7-10(8-9)13(12)15-11-4-2-1-3-5-11/h1-7,9-10,12-13H,8H2/t9-,10+,12-,13-/m1/s1. The minimum atomic E-state index is 0.389. The molecule has 1 aromatic rings. The normalized spacial score (nSPS) is 37.4. The van der Waals surface area contributed by atoms with Gasteiger partial charge in [-0.3, -0.25) is 0 Å². The SMILES string of the molecule is Cl[C@H]1[C@H]([Se]c2ccccc2)[C@H]2C=C[C@@H]1C2. The molecule has 78 valence electrons. The van der Waals surface area contributed by atoms with Crippen molar-refractivity contribution in [1.29, 1.82) is 0 Å². The van der Waals surface area contributed by atoms with Gasteiger partial charge in [0.2, 0.25) is 0 Å². The third kappa shape index (κ3) is 1.78. The van der Waals surface area contributed by atoms with E-state index in [0.717, 1.165) is 10.7 Å². The van der Waals surface area contributed by atoms with E-state index in [1.165, 1.54) is 10.9 Å². The van der Waals surface area contributed by atoms with E-state index in [-0.39, 0.29) is 0 Å². The summed E-state index contributed by atoms with van der Waals surface area (Å²) in [6, 6.07) is 10.8. The van der Waals surface area contributed by atoms with Crippen LogP contribution in [0.15, 0.2) is 42.5 Å². The molecule has 1 aromatic carbocycles. The van der Waals surface area contributed by atoms with Crippen LogP contribution in [0.4, 0.5) is 0 Å². The molecule has 2 aliphatic rings. The predicted octanol–water partition coefficient (Wildman–Crippen LogP) is 2.62. The molecular weight excluding hydrogens is 271 g/mol. The second-order valence-electron chi connectivity index (χ2n) is 4.29. The monoisotopic (exact) mass is 284 g/mol. The van der Waals surface area contributed by atoms with Crippen LogP contribution in [0.2, 0.25) is 4.82 Å². The Hall–Kier alpha value is -0.231. The molecule has 15 heavy (non-hydrogen) atoms. The summed E-state index contributed by atoms with van der Waals surface area (Å²) in [5.74, 6) is 1.42. The van der Waals surface area contributed by atoms with Crippen LogP contribution in [0, 0.1) is 11.8 Å². The third-order valence-corrected chi connectivity index (χ3v) is 7.31. The van der Waals surface area contributed by atoms with Crippen LogP contribution < -0.4 is 4.46 Å². The van der Waals surface area contributed by atoms with E-state index in [9.17, 15) is 0 Å². The molecule has 0 radical (unpaired) electrons. The van der Waals surface area contributed by atoms with Crippen molar-refractivity contribution in [3.05, 3.63) is 42.5 Å². The molecule has 0 spiro atoms. The van der Waals surface area contributed by atoms with E-state index < -0.39 is 0 Å². The van der Waals surface area contributed by atoms with Gasteiger partial charge in [-0.15, -0.1) is 0 Å². The summed E-state index contributed by atoms with van der Waals surface area (Å²) in [5.41, 5.74) is 0. The number of hydrogen-bond acceptors (Lipinski definition) is 0. The third-order valence-electron chi connectivity index (χ3n) is 3.31. The Bertz CT molecular complexity index is 373. The van der Waals surface area contributed by atoms with Crippen molar-refractivity contribution >= 4 is 31.0 Å². The van der Waals surface area contributed by atoms with Crippen molar-refractivity contribution in [2.75, 3.05) is 0 Å². The van der Waals surface area contributed by atoms with Gasteiger partial charge >= 0.3 is 102 Å². The molecule has 0 amide bonds. The summed E-state index contributed by atoms with van der Waals surface area (Å²) < 4.78 is 1.49. The molecule has 3 rings (SSSR count). The summed E-state index contributed by atoms with van der Waals surface area (Å²) in [6.45, 7) is 0. The number of allylic oxidation sites excluding steroid dienone is 2. The number of benzene rings is 1. The van der Waals surface area contributed by atoms with Crippen molar-refractivity contribution in [1.82, 2.24) is 0 Å². The molecule has 0 saturated heterocycles. The fraction of sp³-hybridized carbons (Fsp3) is 0.385. The van der Waals surface area contributed by atoms with E-state index in [2.05, 4.69) is 42.5 Å². The van der Waals surface area contributed by atoms with Gasteiger partial charge in [0, 0.05) is 0 Å². The quantitative estimate of drug-likeness (QED) is 0.445. The molecule has 1 fully saturated rings. The van der Waals surface area contributed by atoms with Gasteiger partial charge in [-0.05, 0) is 0 Å². The van der Waals surface area contributed by atoms with Crippen LogP contribution >= 0.6 is 11.6 Å². The van der Waals surface area contributed by atoms with Gasteiger partial charge in [0.15, 0.2) is 0 Å². The van der Waals surface area contributed by atoms with Crippen LogP contribution in [0.25, 0.3) is 0 Å². The molecule has 1 saturated carbocycles. The number of halogens is 1. The predicted molar refractivity (Wildman–Crippen MR) is 66.0 cm³/mol. The van der Waals surface area contributed by atoms with Gasteiger partial charge < -0.3 is 0 Å². The minimum absolute atomic E-state index is 0.389. The Morgan fingerprint density at radius 2 is 1.80 bits per heavy atom. The fourth-order valence-corrected chi connectivity index (χ4v) is 5.97. The number of rotatable bonds is 2. The molecule has 2 aliphatic carbocycles. The number of fused-ring (bicyclic) bond motifs is 2. The van der Waals surface area contributed by atoms with Gasteiger partial charge in [0.05, 0.1) is 0 Å². The summed E-state index contributed by atoms with van der Waals surface area (Å²) in [7, 11) is 0. The molecular formula is C13H13ClSe. The zero-order chi connectivity index (χ0) is 10.3. The summed E-state index contributed by atoms with van der Waals surface area (Å²) in [4.78, 5) is 0.719. The molecule has 2 heteroatoms. The Balaban J connectivity index is 1.77. The zero-order valence-corrected chi connectivity index (χ0v) is 10.8. The molecule has 0 aliphatic heterocycles. The first kappa shape index (κ1) is 9.96. The van der Waals surface area contributed by atoms with Gasteiger partial charge in [-0.2, -0.15) is 0 Å². The summed E-state index contributed by atoms with van der Waals surface area (Å²) in [5, 5.41) is 0.389. The molecule has 0 aromatic heterocycles. The van der Waals surface area contributed by atoms with Gasteiger partial charge in [0.25, 0.3) is 0 Å². The number of hydrogen-bond donors (Lipinski definition) is 0. The van der Waals surface area contributed by atoms with Crippen molar-refractivity contribution in [3.8, 4) is 0 Å². The zero-order valence-electron chi connectivity index (χ0n) is 8.34. The van der Waals surface area contributed by atoms with Crippen LogP contribution in [0.5, 0.6) is 0 Å². The molecule has 0 heterocycles. The maximum atomic E-state index is 6.49. The first-order valence-corrected chi connectivity index (χ1v) is 7.67. The van der Waals surface area contributed by atoms with E-state index in [1.807, 2.05) is 0 Å². The van der Waals surface area contributed by atoms with Crippen LogP contribution in [-0.2, 0) is 0 Å². The van der Waals surface area contributed by atoms with Crippen LogP contribution in [0.1, 0.15) is 6.42 Å². The van der Waals surface area contributed by atoms with E-state index in [0.29, 0.717) is 26.3 Å². The van der Waals surface area contributed by atoms with Crippen molar-refractivity contribution < 1.29 is 0 Å². The topological polar surface area (TPSA) is 0 Å². The maximum absolute atomic E-state index is 6.49. The van der Waals surface area contributed by atoms with Crippen LogP contribution in [-0.4, -0.2) is 20.3 Å². The first-order valence-electron chi connectivity index (χ1n) is 5.39. The summed E-state index contributed by atoms with van der Waals surface area (Å²) >= 11 is 7.03. The second kappa shape index (κ2) is 3.97. The Morgan fingerprint density at radius 1 is 1.07 bits per heavy atom. The molecule has 4 atom stereocenters. The van der Waals surface area contributed by atoms with Crippen molar-refractivity contribution in [3.63, 3.8) is 0 Å². The average Bonchev–Trinajstić information content (AvgIpc) is 2.84. The molecule has 0 nitrogen and oxygen atoms in total. The summed E-state index contributed by atoms with van der Waals surface area (Å²) in [6.07, 6.45) is 6.01. The van der Waals surface area contributed by atoms with Gasteiger partial charge in [-0.25, -0.2) is 0 Å². The van der Waals surface area contributed by atoms with E-state index >= 15 is 0 Å². The number of alkyl halides is 1.